The van der Waals surface area contributed by atoms with Gasteiger partial charge in [-0.3, -0.25) is 14.5 Å². The van der Waals surface area contributed by atoms with E-state index in [4.69, 9.17) is 11.6 Å². The number of rotatable bonds is 1. The SMILES string of the molecule is CC(Cl)c1ccc2c(c1)C(=O)N(C)C(=O)C2. The Kier molecular flexibility index (Phi) is 2.72. The standard InChI is InChI=1S/C12H12ClNO2/c1-7(13)8-3-4-9-6-11(15)14(2)12(16)10(9)5-8/h3-5,7H,6H2,1-2H3. The zero-order valence-corrected chi connectivity index (χ0v) is 9.91. The summed E-state index contributed by atoms with van der Waals surface area (Å²) in [4.78, 5) is 24.5. The summed E-state index contributed by atoms with van der Waals surface area (Å²) < 4.78 is 0. The third-order valence-electron chi connectivity index (χ3n) is 2.84. The fraction of sp³-hybridized carbons (Fsp3) is 0.333. The lowest BCUT2D eigenvalue weighted by atomic mass is 9.96. The number of hydrogen-bond acceptors (Lipinski definition) is 2. The molecular weight excluding hydrogens is 226 g/mol. The molecular formula is C12H12ClNO2. The second kappa shape index (κ2) is 3.91. The Hall–Kier alpha value is -1.35. The van der Waals surface area contributed by atoms with Crippen LogP contribution < -0.4 is 0 Å². The minimum atomic E-state index is -0.245. The monoisotopic (exact) mass is 237 g/mol. The van der Waals surface area contributed by atoms with Crippen molar-refractivity contribution in [3.8, 4) is 0 Å². The van der Waals surface area contributed by atoms with Gasteiger partial charge in [0.05, 0.1) is 11.8 Å². The highest BCUT2D eigenvalue weighted by Crippen LogP contribution is 2.25. The van der Waals surface area contributed by atoms with Crippen molar-refractivity contribution in [2.75, 3.05) is 7.05 Å². The Labute approximate surface area is 99.0 Å². The number of nitrogens with zero attached hydrogens (tertiary/aromatic N) is 1. The maximum absolute atomic E-state index is 11.9. The van der Waals surface area contributed by atoms with E-state index >= 15 is 0 Å². The Morgan fingerprint density at radius 1 is 1.38 bits per heavy atom. The van der Waals surface area contributed by atoms with Gasteiger partial charge in [-0.2, -0.15) is 0 Å². The van der Waals surface area contributed by atoms with Crippen molar-refractivity contribution >= 4 is 23.4 Å². The van der Waals surface area contributed by atoms with Gasteiger partial charge >= 0.3 is 0 Å². The van der Waals surface area contributed by atoms with Gasteiger partial charge < -0.3 is 0 Å². The second-order valence-electron chi connectivity index (χ2n) is 3.97. The summed E-state index contributed by atoms with van der Waals surface area (Å²) >= 11 is 5.97. The van der Waals surface area contributed by atoms with Crippen LogP contribution in [0.4, 0.5) is 0 Å². The first-order chi connectivity index (χ1) is 7.50. The lowest BCUT2D eigenvalue weighted by Crippen LogP contribution is -2.39. The van der Waals surface area contributed by atoms with Gasteiger partial charge in [0.15, 0.2) is 0 Å². The van der Waals surface area contributed by atoms with Gasteiger partial charge in [-0.1, -0.05) is 12.1 Å². The second-order valence-corrected chi connectivity index (χ2v) is 4.62. The number of imide groups is 1. The first-order valence-electron chi connectivity index (χ1n) is 5.08. The number of likely N-dealkylation sites (N-methyl/N-ethyl adjacent to an activating group) is 1. The number of fused-ring (bicyclic) bond motifs is 1. The predicted octanol–water partition coefficient (Wildman–Crippen LogP) is 2.14. The fourth-order valence-electron chi connectivity index (χ4n) is 1.77. The van der Waals surface area contributed by atoms with E-state index in [1.165, 1.54) is 7.05 Å². The molecule has 0 N–H and O–H groups in total. The zero-order valence-electron chi connectivity index (χ0n) is 9.16. The molecule has 2 rings (SSSR count). The summed E-state index contributed by atoms with van der Waals surface area (Å²) in [5, 5.41) is -0.138. The Bertz CT molecular complexity index is 468. The average molecular weight is 238 g/mol. The summed E-state index contributed by atoms with van der Waals surface area (Å²) in [7, 11) is 1.50. The summed E-state index contributed by atoms with van der Waals surface area (Å²) in [5.41, 5.74) is 2.28. The molecule has 0 aliphatic carbocycles. The number of carbonyl (C=O) groups is 2. The molecule has 0 fully saturated rings. The molecule has 1 unspecified atom stereocenters. The van der Waals surface area contributed by atoms with Crippen LogP contribution in [0.5, 0.6) is 0 Å². The molecule has 84 valence electrons. The van der Waals surface area contributed by atoms with Gasteiger partial charge in [-0.15, -0.1) is 11.6 Å². The minimum Gasteiger partial charge on any atom is -0.281 e. The zero-order chi connectivity index (χ0) is 11.9. The van der Waals surface area contributed by atoms with Crippen molar-refractivity contribution in [2.45, 2.75) is 18.7 Å². The molecule has 1 heterocycles. The third kappa shape index (κ3) is 1.71. The highest BCUT2D eigenvalue weighted by atomic mass is 35.5. The minimum absolute atomic E-state index is 0.138. The highest BCUT2D eigenvalue weighted by Gasteiger charge is 2.28. The molecule has 1 atom stereocenters. The molecule has 16 heavy (non-hydrogen) atoms. The summed E-state index contributed by atoms with van der Waals surface area (Å²) in [6.45, 7) is 1.85. The van der Waals surface area contributed by atoms with Gasteiger partial charge in [0, 0.05) is 12.6 Å². The fourth-order valence-corrected chi connectivity index (χ4v) is 1.91. The maximum atomic E-state index is 11.9. The smallest absolute Gasteiger partial charge is 0.260 e. The molecule has 3 nitrogen and oxygen atoms in total. The topological polar surface area (TPSA) is 37.4 Å². The van der Waals surface area contributed by atoms with Gasteiger partial charge in [0.2, 0.25) is 5.91 Å². The van der Waals surface area contributed by atoms with Crippen molar-refractivity contribution in [3.63, 3.8) is 0 Å². The van der Waals surface area contributed by atoms with Crippen LogP contribution in [-0.2, 0) is 11.2 Å². The molecule has 0 spiro atoms. The molecule has 0 bridgehead atoms. The predicted molar refractivity (Wildman–Crippen MR) is 61.5 cm³/mol. The van der Waals surface area contributed by atoms with Crippen LogP contribution >= 0.6 is 11.6 Å². The molecule has 0 radical (unpaired) electrons. The van der Waals surface area contributed by atoms with Crippen molar-refractivity contribution < 1.29 is 9.59 Å². The first kappa shape index (κ1) is 11.1. The lowest BCUT2D eigenvalue weighted by molar-refractivity contribution is -0.127. The number of alkyl halides is 1. The summed E-state index contributed by atoms with van der Waals surface area (Å²) in [6, 6.07) is 5.45. The Morgan fingerprint density at radius 3 is 2.69 bits per heavy atom. The highest BCUT2D eigenvalue weighted by molar-refractivity contribution is 6.20. The molecule has 0 saturated carbocycles. The normalized spacial score (nSPS) is 17.3. The van der Waals surface area contributed by atoms with Crippen molar-refractivity contribution in [2.24, 2.45) is 0 Å². The van der Waals surface area contributed by atoms with Crippen LogP contribution in [-0.4, -0.2) is 23.8 Å². The number of halogens is 1. The molecule has 1 aromatic carbocycles. The number of amides is 2. The first-order valence-corrected chi connectivity index (χ1v) is 5.52. The average Bonchev–Trinajstić information content (AvgIpc) is 2.25. The van der Waals surface area contributed by atoms with E-state index in [0.29, 0.717) is 5.56 Å². The van der Waals surface area contributed by atoms with Crippen LogP contribution in [0.15, 0.2) is 18.2 Å². The van der Waals surface area contributed by atoms with Gasteiger partial charge in [-0.25, -0.2) is 0 Å². The third-order valence-corrected chi connectivity index (χ3v) is 3.10. The molecule has 2 amide bonds. The Morgan fingerprint density at radius 2 is 2.06 bits per heavy atom. The van der Waals surface area contributed by atoms with Crippen molar-refractivity contribution in [1.82, 2.24) is 4.90 Å². The van der Waals surface area contributed by atoms with Gasteiger partial charge in [0.25, 0.3) is 5.91 Å². The Balaban J connectivity index is 2.51. The largest absolute Gasteiger partial charge is 0.281 e. The van der Waals surface area contributed by atoms with Crippen LogP contribution in [0.2, 0.25) is 0 Å². The van der Waals surface area contributed by atoms with E-state index in [9.17, 15) is 9.59 Å². The van der Waals surface area contributed by atoms with Crippen LogP contribution in [0.1, 0.15) is 33.8 Å². The van der Waals surface area contributed by atoms with Crippen LogP contribution in [0, 0.1) is 0 Å². The van der Waals surface area contributed by atoms with E-state index in [0.717, 1.165) is 16.0 Å². The molecule has 1 aliphatic rings. The summed E-state index contributed by atoms with van der Waals surface area (Å²) in [6.07, 6.45) is 0.286. The van der Waals surface area contributed by atoms with Crippen LogP contribution in [0.25, 0.3) is 0 Å². The van der Waals surface area contributed by atoms with Crippen LogP contribution in [0.3, 0.4) is 0 Å². The van der Waals surface area contributed by atoms with Gasteiger partial charge in [0.1, 0.15) is 0 Å². The van der Waals surface area contributed by atoms with Gasteiger partial charge in [-0.05, 0) is 24.1 Å². The molecule has 1 aliphatic heterocycles. The van der Waals surface area contributed by atoms with E-state index in [1.807, 2.05) is 19.1 Å². The molecule has 4 heteroatoms. The number of benzene rings is 1. The molecule has 0 saturated heterocycles. The molecule has 0 aromatic heterocycles. The quantitative estimate of drug-likeness (QED) is 0.554. The number of hydrogen-bond donors (Lipinski definition) is 0. The van der Waals surface area contributed by atoms with E-state index in [2.05, 4.69) is 0 Å². The number of carbonyl (C=O) groups excluding carboxylic acids is 2. The van der Waals surface area contributed by atoms with E-state index in [1.54, 1.807) is 6.07 Å². The summed E-state index contributed by atoms with van der Waals surface area (Å²) in [5.74, 6) is -0.408. The lowest BCUT2D eigenvalue weighted by Gasteiger charge is -2.23. The maximum Gasteiger partial charge on any atom is 0.260 e. The van der Waals surface area contributed by atoms with Crippen molar-refractivity contribution in [3.05, 3.63) is 34.9 Å². The van der Waals surface area contributed by atoms with E-state index < -0.39 is 0 Å². The van der Waals surface area contributed by atoms with Crippen molar-refractivity contribution in [1.29, 1.82) is 0 Å². The molecule has 1 aromatic rings. The van der Waals surface area contributed by atoms with E-state index in [-0.39, 0.29) is 23.6 Å².